The zero-order chi connectivity index (χ0) is 20.5. The molecule has 0 bridgehead atoms. The fourth-order valence-electron chi connectivity index (χ4n) is 3.72. The molecule has 28 heavy (non-hydrogen) atoms. The summed E-state index contributed by atoms with van der Waals surface area (Å²) in [6.07, 6.45) is 10.1. The average Bonchev–Trinajstić information content (AvgIpc) is 3.45. The van der Waals surface area contributed by atoms with Gasteiger partial charge in [-0.3, -0.25) is 9.59 Å². The molecule has 0 radical (unpaired) electrons. The summed E-state index contributed by atoms with van der Waals surface area (Å²) in [5.41, 5.74) is 1.14. The highest BCUT2D eigenvalue weighted by molar-refractivity contribution is 5.86. The molecule has 0 spiro atoms. The van der Waals surface area contributed by atoms with Crippen LogP contribution < -0.4 is 0 Å². The van der Waals surface area contributed by atoms with Gasteiger partial charge in [-0.05, 0) is 44.2 Å². The smallest absolute Gasteiger partial charge is 0.242 e. The lowest BCUT2D eigenvalue weighted by Crippen LogP contribution is -2.46. The van der Waals surface area contributed by atoms with Gasteiger partial charge in [0, 0.05) is 37.4 Å². The van der Waals surface area contributed by atoms with Crippen LogP contribution in [0.15, 0.2) is 18.3 Å². The van der Waals surface area contributed by atoms with Crippen molar-refractivity contribution in [2.45, 2.75) is 84.7 Å². The quantitative estimate of drug-likeness (QED) is 0.503. The monoisotopic (exact) mass is 389 g/mol. The van der Waals surface area contributed by atoms with Crippen LogP contribution >= 0.6 is 0 Å². The lowest BCUT2D eigenvalue weighted by Gasteiger charge is -2.30. The SMILES string of the molecule is CCCC[C@H](CC)C(=O)N(CCCC)CC(=O)N(Cc1cccn1C)C1CC1. The Labute approximate surface area is 171 Å². The second-order valence-corrected chi connectivity index (χ2v) is 8.22. The van der Waals surface area contributed by atoms with Gasteiger partial charge in [0.1, 0.15) is 0 Å². The summed E-state index contributed by atoms with van der Waals surface area (Å²) in [7, 11) is 2.02. The van der Waals surface area contributed by atoms with Gasteiger partial charge in [0.25, 0.3) is 0 Å². The van der Waals surface area contributed by atoms with Gasteiger partial charge in [-0.2, -0.15) is 0 Å². The molecule has 0 unspecified atom stereocenters. The number of carbonyl (C=O) groups excluding carboxylic acids is 2. The Morgan fingerprint density at radius 1 is 1.18 bits per heavy atom. The molecule has 2 rings (SSSR count). The maximum absolute atomic E-state index is 13.2. The summed E-state index contributed by atoms with van der Waals surface area (Å²) in [5.74, 6) is 0.317. The van der Waals surface area contributed by atoms with Gasteiger partial charge in [0.15, 0.2) is 0 Å². The maximum Gasteiger partial charge on any atom is 0.242 e. The molecule has 0 N–H and O–H groups in total. The summed E-state index contributed by atoms with van der Waals surface area (Å²) in [5, 5.41) is 0. The molecule has 1 atom stereocenters. The van der Waals surface area contributed by atoms with E-state index in [0.29, 0.717) is 19.1 Å². The van der Waals surface area contributed by atoms with Crippen molar-refractivity contribution in [3.8, 4) is 0 Å². The van der Waals surface area contributed by atoms with E-state index in [1.807, 2.05) is 29.1 Å². The van der Waals surface area contributed by atoms with E-state index in [9.17, 15) is 9.59 Å². The van der Waals surface area contributed by atoms with E-state index in [1.54, 1.807) is 0 Å². The fraction of sp³-hybridized carbons (Fsp3) is 0.739. The third-order valence-corrected chi connectivity index (χ3v) is 5.86. The van der Waals surface area contributed by atoms with Crippen molar-refractivity contribution in [1.82, 2.24) is 14.4 Å². The van der Waals surface area contributed by atoms with Crippen LogP contribution in [0.2, 0.25) is 0 Å². The first-order valence-corrected chi connectivity index (χ1v) is 11.2. The Morgan fingerprint density at radius 3 is 2.43 bits per heavy atom. The number of amides is 2. The van der Waals surface area contributed by atoms with E-state index in [0.717, 1.165) is 57.1 Å². The number of hydrogen-bond acceptors (Lipinski definition) is 2. The molecule has 5 heteroatoms. The first-order chi connectivity index (χ1) is 13.5. The fourth-order valence-corrected chi connectivity index (χ4v) is 3.72. The van der Waals surface area contributed by atoms with Gasteiger partial charge in [-0.15, -0.1) is 0 Å². The summed E-state index contributed by atoms with van der Waals surface area (Å²) < 4.78 is 2.07. The number of aromatic nitrogens is 1. The average molecular weight is 390 g/mol. The standard InChI is InChI=1S/C23H39N3O2/c1-5-8-11-19(7-3)23(28)25(16-9-6-2)18-22(27)26(20-13-14-20)17-21-12-10-15-24(21)4/h10,12,15,19-20H,5-9,11,13-14,16-18H2,1-4H3/t19-/m0/s1. The van der Waals surface area contributed by atoms with Crippen molar-refractivity contribution in [2.24, 2.45) is 13.0 Å². The normalized spacial score (nSPS) is 14.7. The number of aryl methyl sites for hydroxylation is 1. The molecule has 158 valence electrons. The van der Waals surface area contributed by atoms with Crippen LogP contribution in [-0.4, -0.2) is 45.3 Å². The van der Waals surface area contributed by atoms with Gasteiger partial charge in [0.05, 0.1) is 13.1 Å². The van der Waals surface area contributed by atoms with Crippen LogP contribution in [0, 0.1) is 5.92 Å². The predicted octanol–water partition coefficient (Wildman–Crippen LogP) is 4.36. The highest BCUT2D eigenvalue weighted by Crippen LogP contribution is 2.29. The van der Waals surface area contributed by atoms with Crippen LogP contribution in [0.4, 0.5) is 0 Å². The van der Waals surface area contributed by atoms with Gasteiger partial charge in [-0.1, -0.05) is 40.0 Å². The molecule has 0 saturated heterocycles. The summed E-state index contributed by atoms with van der Waals surface area (Å²) in [4.78, 5) is 30.2. The Balaban J connectivity index is 2.06. The highest BCUT2D eigenvalue weighted by atomic mass is 16.2. The molecular weight excluding hydrogens is 350 g/mol. The lowest BCUT2D eigenvalue weighted by atomic mass is 9.97. The number of hydrogen-bond donors (Lipinski definition) is 0. The lowest BCUT2D eigenvalue weighted by molar-refractivity contribution is -0.144. The second kappa shape index (κ2) is 11.3. The zero-order valence-corrected chi connectivity index (χ0v) is 18.3. The van der Waals surface area contributed by atoms with Crippen molar-refractivity contribution in [2.75, 3.05) is 13.1 Å². The molecule has 1 aromatic heterocycles. The summed E-state index contributed by atoms with van der Waals surface area (Å²) >= 11 is 0. The minimum atomic E-state index is 0.0480. The number of nitrogens with zero attached hydrogens (tertiary/aromatic N) is 3. The largest absolute Gasteiger partial charge is 0.353 e. The van der Waals surface area contributed by atoms with E-state index < -0.39 is 0 Å². The second-order valence-electron chi connectivity index (χ2n) is 8.22. The molecule has 1 saturated carbocycles. The van der Waals surface area contributed by atoms with Crippen LogP contribution in [0.3, 0.4) is 0 Å². The number of unbranched alkanes of at least 4 members (excludes halogenated alkanes) is 2. The first-order valence-electron chi connectivity index (χ1n) is 11.2. The molecule has 1 aliphatic carbocycles. The number of carbonyl (C=O) groups is 2. The molecule has 1 heterocycles. The number of rotatable bonds is 13. The molecule has 0 aliphatic heterocycles. The van der Waals surface area contributed by atoms with Crippen molar-refractivity contribution < 1.29 is 9.59 Å². The Kier molecular flexibility index (Phi) is 9.07. The van der Waals surface area contributed by atoms with Crippen molar-refractivity contribution >= 4 is 11.8 Å². The molecule has 5 nitrogen and oxygen atoms in total. The van der Waals surface area contributed by atoms with Crippen LogP contribution in [-0.2, 0) is 23.2 Å². The molecule has 0 aromatic carbocycles. The highest BCUT2D eigenvalue weighted by Gasteiger charge is 2.34. The minimum Gasteiger partial charge on any atom is -0.353 e. The third-order valence-electron chi connectivity index (χ3n) is 5.86. The van der Waals surface area contributed by atoms with E-state index >= 15 is 0 Å². The van der Waals surface area contributed by atoms with Gasteiger partial charge in [-0.25, -0.2) is 0 Å². The van der Waals surface area contributed by atoms with Crippen LogP contribution in [0.25, 0.3) is 0 Å². The first kappa shape index (κ1) is 22.5. The van der Waals surface area contributed by atoms with Gasteiger partial charge in [0.2, 0.25) is 11.8 Å². The van der Waals surface area contributed by atoms with E-state index in [4.69, 9.17) is 0 Å². The van der Waals surface area contributed by atoms with E-state index in [2.05, 4.69) is 31.4 Å². The predicted molar refractivity (Wildman–Crippen MR) is 114 cm³/mol. The molecule has 1 fully saturated rings. The van der Waals surface area contributed by atoms with Gasteiger partial charge >= 0.3 is 0 Å². The van der Waals surface area contributed by atoms with E-state index in [-0.39, 0.29) is 24.3 Å². The zero-order valence-electron chi connectivity index (χ0n) is 18.3. The minimum absolute atomic E-state index is 0.0480. The Hall–Kier alpha value is -1.78. The Bertz CT molecular complexity index is 621. The van der Waals surface area contributed by atoms with Crippen molar-refractivity contribution in [1.29, 1.82) is 0 Å². The third kappa shape index (κ3) is 6.39. The van der Waals surface area contributed by atoms with Crippen molar-refractivity contribution in [3.63, 3.8) is 0 Å². The topological polar surface area (TPSA) is 45.6 Å². The van der Waals surface area contributed by atoms with Crippen LogP contribution in [0.1, 0.15) is 77.8 Å². The van der Waals surface area contributed by atoms with Gasteiger partial charge < -0.3 is 14.4 Å². The van der Waals surface area contributed by atoms with Crippen LogP contribution in [0.5, 0.6) is 0 Å². The van der Waals surface area contributed by atoms with Crippen molar-refractivity contribution in [3.05, 3.63) is 24.0 Å². The molecule has 1 aliphatic rings. The summed E-state index contributed by atoms with van der Waals surface area (Å²) in [6.45, 7) is 7.92. The Morgan fingerprint density at radius 2 is 1.89 bits per heavy atom. The maximum atomic E-state index is 13.2. The molecular formula is C23H39N3O2. The van der Waals surface area contributed by atoms with E-state index in [1.165, 1.54) is 0 Å². The molecule has 1 aromatic rings. The molecule has 2 amide bonds. The summed E-state index contributed by atoms with van der Waals surface area (Å²) in [6, 6.07) is 4.43.